The summed E-state index contributed by atoms with van der Waals surface area (Å²) in [5.74, 6) is -0.228. The van der Waals surface area contributed by atoms with Gasteiger partial charge in [0.05, 0.1) is 6.04 Å². The molecule has 5 N–H and O–H groups in total. The van der Waals surface area contributed by atoms with Crippen LogP contribution in [-0.2, 0) is 14.9 Å². The normalized spacial score (nSPS) is 36.1. The van der Waals surface area contributed by atoms with E-state index in [2.05, 4.69) is 10.6 Å². The van der Waals surface area contributed by atoms with Crippen molar-refractivity contribution < 1.29 is 17.8 Å². The molecule has 1 heterocycles. The predicted octanol–water partition coefficient (Wildman–Crippen LogP) is -1.01. The summed E-state index contributed by atoms with van der Waals surface area (Å²) in [5, 5.41) is 4.81. The van der Waals surface area contributed by atoms with E-state index in [9.17, 15) is 13.2 Å². The van der Waals surface area contributed by atoms with Gasteiger partial charge < -0.3 is 16.4 Å². The molecule has 2 rings (SSSR count). The smallest absolute Gasteiger partial charge is 0.269 e. The fourth-order valence-corrected chi connectivity index (χ4v) is 3.49. The largest absolute Gasteiger partial charge is 0.350 e. The lowest BCUT2D eigenvalue weighted by molar-refractivity contribution is -0.123. The SMILES string of the molecule is N[C@@H]1CCCC[C@@H]1NC(=O)[C@@H]1C[C@H](S(=O)(=O)O)CN1. The molecular weight excluding hydrogens is 270 g/mol. The minimum absolute atomic E-state index is 0.0310. The van der Waals surface area contributed by atoms with Crippen LogP contribution in [0.25, 0.3) is 0 Å². The quantitative estimate of drug-likeness (QED) is 0.494. The van der Waals surface area contributed by atoms with E-state index in [-0.39, 0.29) is 31.0 Å². The Morgan fingerprint density at radius 1 is 1.32 bits per heavy atom. The minimum Gasteiger partial charge on any atom is -0.350 e. The maximum absolute atomic E-state index is 12.0. The first-order chi connectivity index (χ1) is 8.88. The van der Waals surface area contributed by atoms with Crippen LogP contribution in [0, 0.1) is 0 Å². The van der Waals surface area contributed by atoms with Crippen LogP contribution < -0.4 is 16.4 Å². The Morgan fingerprint density at radius 2 is 2.00 bits per heavy atom. The Labute approximate surface area is 113 Å². The summed E-state index contributed by atoms with van der Waals surface area (Å²) in [6.07, 6.45) is 4.00. The fourth-order valence-electron chi connectivity index (χ4n) is 2.75. The Bertz CT molecular complexity index is 439. The summed E-state index contributed by atoms with van der Waals surface area (Å²) in [6, 6.07) is -0.634. The second-order valence-corrected chi connectivity index (χ2v) is 7.09. The highest BCUT2D eigenvalue weighted by molar-refractivity contribution is 7.86. The Balaban J connectivity index is 1.87. The molecule has 0 unspecified atom stereocenters. The number of nitrogens with two attached hydrogens (primary N) is 1. The molecule has 0 aromatic heterocycles. The van der Waals surface area contributed by atoms with Crippen molar-refractivity contribution in [3.8, 4) is 0 Å². The van der Waals surface area contributed by atoms with Gasteiger partial charge in [0.25, 0.3) is 10.1 Å². The molecule has 7 nitrogen and oxygen atoms in total. The van der Waals surface area contributed by atoms with Crippen molar-refractivity contribution in [2.75, 3.05) is 6.54 Å². The van der Waals surface area contributed by atoms with Crippen LogP contribution in [-0.4, -0.2) is 48.8 Å². The lowest BCUT2D eigenvalue weighted by Crippen LogP contribution is -2.53. The van der Waals surface area contributed by atoms with E-state index in [0.29, 0.717) is 0 Å². The van der Waals surface area contributed by atoms with Gasteiger partial charge in [-0.3, -0.25) is 9.35 Å². The molecule has 1 saturated carbocycles. The first-order valence-electron chi connectivity index (χ1n) is 6.63. The van der Waals surface area contributed by atoms with Crippen molar-refractivity contribution in [3.63, 3.8) is 0 Å². The first-order valence-corrected chi connectivity index (χ1v) is 8.14. The predicted molar refractivity (Wildman–Crippen MR) is 70.1 cm³/mol. The maximum Gasteiger partial charge on any atom is 0.269 e. The van der Waals surface area contributed by atoms with Gasteiger partial charge in [-0.2, -0.15) is 8.42 Å². The Hall–Kier alpha value is -0.700. The molecule has 2 fully saturated rings. The average molecular weight is 291 g/mol. The summed E-state index contributed by atoms with van der Waals surface area (Å²) < 4.78 is 31.0. The molecule has 0 bridgehead atoms. The van der Waals surface area contributed by atoms with Crippen molar-refractivity contribution in [2.24, 2.45) is 5.73 Å². The molecule has 8 heteroatoms. The zero-order chi connectivity index (χ0) is 14.0. The molecule has 2 aliphatic rings. The zero-order valence-electron chi connectivity index (χ0n) is 10.7. The van der Waals surface area contributed by atoms with Crippen molar-refractivity contribution in [2.45, 2.75) is 55.5 Å². The second-order valence-electron chi connectivity index (χ2n) is 5.40. The lowest BCUT2D eigenvalue weighted by Gasteiger charge is -2.30. The van der Waals surface area contributed by atoms with Crippen LogP contribution in [0.2, 0.25) is 0 Å². The van der Waals surface area contributed by atoms with Gasteiger partial charge in [-0.25, -0.2) is 0 Å². The minimum atomic E-state index is -4.08. The lowest BCUT2D eigenvalue weighted by atomic mass is 9.91. The Morgan fingerprint density at radius 3 is 2.58 bits per heavy atom. The van der Waals surface area contributed by atoms with Crippen LogP contribution in [0.1, 0.15) is 32.1 Å². The van der Waals surface area contributed by atoms with Crippen LogP contribution >= 0.6 is 0 Å². The van der Waals surface area contributed by atoms with Gasteiger partial charge in [-0.05, 0) is 19.3 Å². The highest BCUT2D eigenvalue weighted by Crippen LogP contribution is 2.18. The van der Waals surface area contributed by atoms with Gasteiger partial charge in [0.15, 0.2) is 0 Å². The highest BCUT2D eigenvalue weighted by atomic mass is 32.2. The third-order valence-electron chi connectivity index (χ3n) is 3.98. The topological polar surface area (TPSA) is 122 Å². The summed E-state index contributed by atoms with van der Waals surface area (Å²) in [7, 11) is -4.08. The number of carbonyl (C=O) groups excluding carboxylic acids is 1. The third-order valence-corrected chi connectivity index (χ3v) is 5.18. The molecule has 19 heavy (non-hydrogen) atoms. The zero-order valence-corrected chi connectivity index (χ0v) is 11.5. The summed E-state index contributed by atoms with van der Waals surface area (Å²) >= 11 is 0. The number of hydrogen-bond acceptors (Lipinski definition) is 5. The van der Waals surface area contributed by atoms with Crippen LogP contribution in [0.15, 0.2) is 0 Å². The van der Waals surface area contributed by atoms with E-state index in [1.165, 1.54) is 0 Å². The third kappa shape index (κ3) is 3.65. The molecule has 0 aromatic carbocycles. The van der Waals surface area contributed by atoms with E-state index in [1.54, 1.807) is 0 Å². The van der Waals surface area contributed by atoms with Crippen molar-refractivity contribution in [3.05, 3.63) is 0 Å². The van der Waals surface area contributed by atoms with Crippen LogP contribution in [0.3, 0.4) is 0 Å². The highest BCUT2D eigenvalue weighted by Gasteiger charge is 2.37. The average Bonchev–Trinajstić information content (AvgIpc) is 2.81. The molecule has 4 atom stereocenters. The van der Waals surface area contributed by atoms with E-state index >= 15 is 0 Å². The number of carbonyl (C=O) groups is 1. The number of amides is 1. The fraction of sp³-hybridized carbons (Fsp3) is 0.909. The molecule has 0 spiro atoms. The Kier molecular flexibility index (Phi) is 4.44. The summed E-state index contributed by atoms with van der Waals surface area (Å²) in [5.41, 5.74) is 5.95. The first kappa shape index (κ1) is 14.7. The molecule has 1 aliphatic heterocycles. The van der Waals surface area contributed by atoms with Gasteiger partial charge in [0.2, 0.25) is 5.91 Å². The monoisotopic (exact) mass is 291 g/mol. The van der Waals surface area contributed by atoms with Gasteiger partial charge in [0, 0.05) is 18.6 Å². The molecule has 1 aliphatic carbocycles. The van der Waals surface area contributed by atoms with Gasteiger partial charge in [-0.1, -0.05) is 12.8 Å². The van der Waals surface area contributed by atoms with Crippen molar-refractivity contribution in [1.29, 1.82) is 0 Å². The molecule has 0 radical (unpaired) electrons. The van der Waals surface area contributed by atoms with Gasteiger partial charge >= 0.3 is 0 Å². The molecule has 0 aromatic rings. The van der Waals surface area contributed by atoms with Gasteiger partial charge in [0.1, 0.15) is 5.25 Å². The van der Waals surface area contributed by atoms with Crippen LogP contribution in [0.5, 0.6) is 0 Å². The maximum atomic E-state index is 12.0. The second kappa shape index (κ2) is 5.74. The summed E-state index contributed by atoms with van der Waals surface area (Å²) in [6.45, 7) is 0.105. The number of rotatable bonds is 3. The summed E-state index contributed by atoms with van der Waals surface area (Å²) in [4.78, 5) is 12.0. The molecule has 1 saturated heterocycles. The van der Waals surface area contributed by atoms with Crippen molar-refractivity contribution >= 4 is 16.0 Å². The number of hydrogen-bond donors (Lipinski definition) is 4. The van der Waals surface area contributed by atoms with E-state index in [0.717, 1.165) is 25.7 Å². The standard InChI is InChI=1S/C11H21N3O4S/c12-8-3-1-2-4-9(8)14-11(15)10-5-7(6-13-10)19(16,17)18/h7-10,13H,1-6,12H2,(H,14,15)(H,16,17,18)/t7-,8+,9-,10-/m0/s1. The van der Waals surface area contributed by atoms with Crippen LogP contribution in [0.4, 0.5) is 0 Å². The van der Waals surface area contributed by atoms with E-state index in [4.69, 9.17) is 10.3 Å². The van der Waals surface area contributed by atoms with E-state index in [1.807, 2.05) is 0 Å². The van der Waals surface area contributed by atoms with Gasteiger partial charge in [-0.15, -0.1) is 0 Å². The molecular formula is C11H21N3O4S. The van der Waals surface area contributed by atoms with Crippen molar-refractivity contribution in [1.82, 2.24) is 10.6 Å². The molecule has 110 valence electrons. The van der Waals surface area contributed by atoms with E-state index < -0.39 is 21.4 Å². The molecule has 1 amide bonds. The number of nitrogens with one attached hydrogen (secondary N) is 2.